The van der Waals surface area contributed by atoms with Crippen molar-refractivity contribution in [3.8, 4) is 5.75 Å². The number of piperidine rings is 1. The van der Waals surface area contributed by atoms with Crippen molar-refractivity contribution < 1.29 is 13.5 Å². The third-order valence-corrected chi connectivity index (χ3v) is 8.69. The zero-order valence-electron chi connectivity index (χ0n) is 21.9. The molecule has 10 heteroatoms. The van der Waals surface area contributed by atoms with Gasteiger partial charge in [-0.25, -0.2) is 9.29 Å². The lowest BCUT2D eigenvalue weighted by Gasteiger charge is -2.31. The molecule has 0 spiro atoms. The first-order valence-electron chi connectivity index (χ1n) is 13.6. The summed E-state index contributed by atoms with van der Waals surface area (Å²) in [5.41, 5.74) is 1.28. The monoisotopic (exact) mass is 543 g/mol. The summed E-state index contributed by atoms with van der Waals surface area (Å²) >= 11 is 1.80. The summed E-state index contributed by atoms with van der Waals surface area (Å²) in [6, 6.07) is 10.3. The van der Waals surface area contributed by atoms with Gasteiger partial charge in [-0.05, 0) is 73.7 Å². The van der Waals surface area contributed by atoms with Gasteiger partial charge in [0.05, 0.1) is 0 Å². The molecule has 0 amide bonds. The Morgan fingerprint density at radius 1 is 1.16 bits per heavy atom. The first-order valence-corrected chi connectivity index (χ1v) is 14.3. The van der Waals surface area contributed by atoms with Crippen LogP contribution in [0.15, 0.2) is 46.2 Å². The van der Waals surface area contributed by atoms with Crippen molar-refractivity contribution in [2.24, 2.45) is 5.92 Å². The van der Waals surface area contributed by atoms with Crippen LogP contribution in [0.2, 0.25) is 0 Å². The number of hydrogen-bond acceptors (Lipinski definition) is 7. The van der Waals surface area contributed by atoms with Crippen LogP contribution in [0.25, 0.3) is 11.0 Å². The van der Waals surface area contributed by atoms with Gasteiger partial charge in [-0.2, -0.15) is 13.8 Å². The van der Waals surface area contributed by atoms with Crippen molar-refractivity contribution in [3.63, 3.8) is 0 Å². The van der Waals surface area contributed by atoms with Gasteiger partial charge in [-0.15, -0.1) is 0 Å². The number of nitrogens with one attached hydrogen (secondary N) is 1. The van der Waals surface area contributed by atoms with Crippen molar-refractivity contribution in [3.05, 3.63) is 52.4 Å². The molecule has 2 fully saturated rings. The molecule has 38 heavy (non-hydrogen) atoms. The zero-order chi connectivity index (χ0) is 26.6. The van der Waals surface area contributed by atoms with Gasteiger partial charge in [0.15, 0.2) is 5.75 Å². The number of nitrogens with zero attached hydrogens (tertiary/aromatic N) is 4. The van der Waals surface area contributed by atoms with Gasteiger partial charge >= 0.3 is 6.61 Å². The smallest absolute Gasteiger partial charge is 0.387 e. The summed E-state index contributed by atoms with van der Waals surface area (Å²) in [5.74, 6) is 0.339. The zero-order valence-corrected chi connectivity index (χ0v) is 22.7. The van der Waals surface area contributed by atoms with Crippen LogP contribution >= 0.6 is 11.9 Å². The number of hydrogen-bond donors (Lipinski definition) is 1. The third kappa shape index (κ3) is 6.12. The van der Waals surface area contributed by atoms with Crippen LogP contribution in [0.5, 0.6) is 5.75 Å². The quantitative estimate of drug-likeness (QED) is 0.318. The Hall–Kier alpha value is -2.72. The van der Waals surface area contributed by atoms with Gasteiger partial charge in [-0.1, -0.05) is 38.8 Å². The van der Waals surface area contributed by atoms with Crippen LogP contribution in [0.3, 0.4) is 0 Å². The topological polar surface area (TPSA) is 72.3 Å². The summed E-state index contributed by atoms with van der Waals surface area (Å²) < 4.78 is 34.5. The minimum atomic E-state index is -3.07. The molecule has 3 aromatic rings. The van der Waals surface area contributed by atoms with Crippen LogP contribution in [0.1, 0.15) is 64.0 Å². The molecule has 3 heterocycles. The highest BCUT2D eigenvalue weighted by Crippen LogP contribution is 2.36. The standard InChI is InChI=1S/C28H35F2N5O2S/c1-3-5-19-8-10-22(11-9-19)38-34-14-12-21(13-15-34)32-28-31-17-20-16-24(37-27(29)30)26(36)35(25(20)33-28)23-7-4-6-18(23)2/h8-11,16-18,21,23,27H,3-7,12-15H2,1-2H3,(H,31,32,33). The van der Waals surface area contributed by atoms with Gasteiger partial charge < -0.3 is 10.1 Å². The van der Waals surface area contributed by atoms with Gasteiger partial charge in [0, 0.05) is 41.7 Å². The molecule has 0 radical (unpaired) electrons. The normalized spacial score (nSPS) is 20.9. The fourth-order valence-electron chi connectivity index (χ4n) is 5.59. The van der Waals surface area contributed by atoms with E-state index in [-0.39, 0.29) is 23.8 Å². The molecule has 0 bridgehead atoms. The van der Waals surface area contributed by atoms with Crippen LogP contribution in [-0.2, 0) is 6.42 Å². The fourth-order valence-corrected chi connectivity index (χ4v) is 6.54. The summed E-state index contributed by atoms with van der Waals surface area (Å²) in [6.07, 6.45) is 8.50. The predicted molar refractivity (Wildman–Crippen MR) is 147 cm³/mol. The Morgan fingerprint density at radius 2 is 1.92 bits per heavy atom. The highest BCUT2D eigenvalue weighted by atomic mass is 32.2. The molecule has 5 rings (SSSR count). The summed E-state index contributed by atoms with van der Waals surface area (Å²) in [4.78, 5) is 23.6. The van der Waals surface area contributed by atoms with Crippen molar-refractivity contribution in [1.82, 2.24) is 18.8 Å². The molecule has 7 nitrogen and oxygen atoms in total. The van der Waals surface area contributed by atoms with Crippen LogP contribution in [-0.4, -0.2) is 44.6 Å². The molecular formula is C28H35F2N5O2S. The Bertz CT molecular complexity index is 1290. The number of rotatable bonds is 9. The number of aryl methyl sites for hydroxylation is 1. The van der Waals surface area contributed by atoms with E-state index < -0.39 is 12.2 Å². The first kappa shape index (κ1) is 26.9. The molecule has 2 aliphatic rings. The van der Waals surface area contributed by atoms with Crippen molar-refractivity contribution in [1.29, 1.82) is 0 Å². The molecule has 1 aliphatic carbocycles. The maximum Gasteiger partial charge on any atom is 0.387 e. The van der Waals surface area contributed by atoms with E-state index in [2.05, 4.69) is 57.5 Å². The van der Waals surface area contributed by atoms with E-state index in [0.717, 1.165) is 58.0 Å². The molecule has 1 saturated heterocycles. The minimum Gasteiger partial charge on any atom is -0.429 e. The average Bonchev–Trinajstić information content (AvgIpc) is 3.32. The molecule has 1 saturated carbocycles. The Labute approximate surface area is 226 Å². The summed E-state index contributed by atoms with van der Waals surface area (Å²) in [6.45, 7) is 3.08. The molecule has 1 aromatic carbocycles. The van der Waals surface area contributed by atoms with Gasteiger partial charge in [0.2, 0.25) is 5.95 Å². The Kier molecular flexibility index (Phi) is 8.48. The molecular weight excluding hydrogens is 508 g/mol. The highest BCUT2D eigenvalue weighted by Gasteiger charge is 2.29. The van der Waals surface area contributed by atoms with Crippen LogP contribution < -0.4 is 15.6 Å². The lowest BCUT2D eigenvalue weighted by molar-refractivity contribution is -0.0510. The summed E-state index contributed by atoms with van der Waals surface area (Å²) in [5, 5.41) is 3.96. The van der Waals surface area contributed by atoms with E-state index in [9.17, 15) is 13.6 Å². The molecule has 204 valence electrons. The first-order chi connectivity index (χ1) is 18.4. The second-order valence-corrected chi connectivity index (χ2v) is 11.5. The SMILES string of the molecule is CCCc1ccc(SN2CCC(Nc3ncc4cc(OC(F)F)c(=O)n(C5CCCC5C)c4n3)CC2)cc1. The molecule has 1 aliphatic heterocycles. The van der Waals surface area contributed by atoms with E-state index in [1.54, 1.807) is 22.7 Å². The lowest BCUT2D eigenvalue weighted by atomic mass is 10.1. The van der Waals surface area contributed by atoms with E-state index in [1.807, 2.05) is 0 Å². The van der Waals surface area contributed by atoms with Crippen LogP contribution in [0, 0.1) is 5.92 Å². The van der Waals surface area contributed by atoms with Crippen molar-refractivity contribution in [2.75, 3.05) is 18.4 Å². The number of alkyl halides is 2. The van der Waals surface area contributed by atoms with Crippen molar-refractivity contribution in [2.45, 2.75) is 82.4 Å². The van der Waals surface area contributed by atoms with Crippen LogP contribution in [0.4, 0.5) is 14.7 Å². The largest absolute Gasteiger partial charge is 0.429 e. The van der Waals surface area contributed by atoms with Gasteiger partial charge in [0.25, 0.3) is 5.56 Å². The number of halogens is 2. The molecule has 1 N–H and O–H groups in total. The van der Waals surface area contributed by atoms with E-state index in [1.165, 1.54) is 16.5 Å². The minimum absolute atomic E-state index is 0.106. The van der Waals surface area contributed by atoms with E-state index >= 15 is 0 Å². The van der Waals surface area contributed by atoms with Crippen molar-refractivity contribution >= 4 is 28.9 Å². The highest BCUT2D eigenvalue weighted by molar-refractivity contribution is 7.97. The average molecular weight is 544 g/mol. The maximum absolute atomic E-state index is 13.2. The van der Waals surface area contributed by atoms with E-state index in [4.69, 9.17) is 4.98 Å². The molecule has 2 unspecified atom stereocenters. The number of fused-ring (bicyclic) bond motifs is 1. The number of ether oxygens (including phenoxy) is 1. The second-order valence-electron chi connectivity index (χ2n) is 10.3. The van der Waals surface area contributed by atoms with E-state index in [0.29, 0.717) is 17.0 Å². The lowest BCUT2D eigenvalue weighted by Crippen LogP contribution is -2.36. The third-order valence-electron chi connectivity index (χ3n) is 7.59. The van der Waals surface area contributed by atoms with Gasteiger partial charge in [0.1, 0.15) is 5.65 Å². The molecule has 2 aromatic heterocycles. The van der Waals surface area contributed by atoms with Gasteiger partial charge in [-0.3, -0.25) is 9.36 Å². The number of aromatic nitrogens is 3. The summed E-state index contributed by atoms with van der Waals surface area (Å²) in [7, 11) is 0. The number of benzene rings is 1. The Morgan fingerprint density at radius 3 is 2.58 bits per heavy atom. The predicted octanol–water partition coefficient (Wildman–Crippen LogP) is 6.29. The maximum atomic E-state index is 13.2. The Balaban J connectivity index is 1.29. The second kappa shape index (κ2) is 12.0. The number of pyridine rings is 1. The molecule has 2 atom stereocenters. The fraction of sp³-hybridized carbons (Fsp3) is 0.536. The number of anilines is 1.